The highest BCUT2D eigenvalue weighted by Crippen LogP contribution is 2.67. The minimum absolute atomic E-state index is 0.0113. The fourth-order valence-electron chi connectivity index (χ4n) is 6.54. The Bertz CT molecular complexity index is 2190. The van der Waals surface area contributed by atoms with Crippen molar-refractivity contribution in [1.82, 2.24) is 39.0 Å². The molecule has 1 aliphatic carbocycles. The Morgan fingerprint density at radius 2 is 1.27 bits per heavy atom. The van der Waals surface area contributed by atoms with Gasteiger partial charge in [0.15, 0.2) is 35.3 Å². The fraction of sp³-hybridized carbons (Fsp3) is 0.636. The number of rotatable bonds is 8. The second kappa shape index (κ2) is 17.0. The standard InChI is InChI=1S/C33H44F2N10O11P2S2/c1-32(2,3)30(46)50-14-59-57(48)52-8-16-7-17(44-12-42-21-25(36)38-10-40-27(21)44)19(34)23(16)55-58(49,60-15-51-31(47)33(4,5)6)53-9-18-24(56-57)20(35)29(54-18)45-13-43-22-26(37)39-11-41-28(22)45/h10-13,16-20,23-24,29H,7-9,14-15H2,1-6H3,(H2,36,38,40)(H2,37,39,41)/t16-,17-,18-,19?,20?,23?,24?,29-,57?,58?/m1/s1. The van der Waals surface area contributed by atoms with Gasteiger partial charge in [0.05, 0.1) is 42.7 Å². The minimum Gasteiger partial charge on any atom is -0.454 e. The Balaban J connectivity index is 1.24. The van der Waals surface area contributed by atoms with Crippen LogP contribution in [0.3, 0.4) is 0 Å². The van der Waals surface area contributed by atoms with Crippen LogP contribution in [0.1, 0.15) is 60.2 Å². The number of imidazole rings is 2. The molecule has 6 unspecified atom stereocenters. The summed E-state index contributed by atoms with van der Waals surface area (Å²) in [5.41, 5.74) is 10.8. The molecule has 328 valence electrons. The molecule has 2 aliphatic heterocycles. The largest absolute Gasteiger partial charge is 0.454 e. The number of halogens is 2. The summed E-state index contributed by atoms with van der Waals surface area (Å²) in [4.78, 5) is 50.0. The van der Waals surface area contributed by atoms with Gasteiger partial charge in [-0.05, 0) is 48.0 Å². The maximum atomic E-state index is 17.0. The van der Waals surface area contributed by atoms with E-state index in [1.54, 1.807) is 41.5 Å². The number of alkyl halides is 2. The lowest BCUT2D eigenvalue weighted by Crippen LogP contribution is -2.35. The van der Waals surface area contributed by atoms with Crippen LogP contribution in [0, 0.1) is 16.7 Å². The van der Waals surface area contributed by atoms with Crippen molar-refractivity contribution in [1.29, 1.82) is 0 Å². The van der Waals surface area contributed by atoms with E-state index in [4.69, 9.17) is 43.8 Å². The van der Waals surface area contributed by atoms with E-state index >= 15 is 8.78 Å². The average Bonchev–Trinajstić information content (AvgIpc) is 3.94. The van der Waals surface area contributed by atoms with Crippen LogP contribution in [0.2, 0.25) is 0 Å². The number of anilines is 2. The lowest BCUT2D eigenvalue weighted by molar-refractivity contribution is -0.151. The minimum atomic E-state index is -4.58. The highest BCUT2D eigenvalue weighted by molar-refractivity contribution is 8.55. The van der Waals surface area contributed by atoms with Crippen LogP contribution in [0.25, 0.3) is 22.3 Å². The van der Waals surface area contributed by atoms with Crippen LogP contribution in [0.4, 0.5) is 20.4 Å². The lowest BCUT2D eigenvalue weighted by atomic mass is 9.98. The van der Waals surface area contributed by atoms with Crippen molar-refractivity contribution < 1.29 is 59.8 Å². The number of hydrogen-bond donors (Lipinski definition) is 2. The van der Waals surface area contributed by atoms with Crippen molar-refractivity contribution in [3.8, 4) is 0 Å². The zero-order valence-electron chi connectivity index (χ0n) is 33.2. The predicted octanol–water partition coefficient (Wildman–Crippen LogP) is 5.56. The number of aromatic nitrogens is 8. The van der Waals surface area contributed by atoms with Gasteiger partial charge >= 0.3 is 25.5 Å². The van der Waals surface area contributed by atoms with Crippen LogP contribution in [-0.2, 0) is 51.0 Å². The molecule has 0 radical (unpaired) electrons. The molecule has 0 amide bonds. The fourth-order valence-corrected chi connectivity index (χ4v) is 12.2. The Kier molecular flexibility index (Phi) is 12.6. The number of hydrogen-bond acceptors (Lipinski definition) is 21. The molecule has 21 nitrogen and oxygen atoms in total. The Hall–Kier alpha value is -3.54. The maximum absolute atomic E-state index is 17.0. The monoisotopic (exact) mass is 920 g/mol. The van der Waals surface area contributed by atoms with E-state index in [-0.39, 0.29) is 40.4 Å². The van der Waals surface area contributed by atoms with E-state index in [9.17, 15) is 18.7 Å². The van der Waals surface area contributed by atoms with Gasteiger partial charge in [-0.25, -0.2) is 47.8 Å². The molecule has 27 heteroatoms. The van der Waals surface area contributed by atoms with E-state index in [0.29, 0.717) is 22.8 Å². The van der Waals surface area contributed by atoms with Crippen molar-refractivity contribution in [2.45, 2.75) is 90.9 Å². The third-order valence-electron chi connectivity index (χ3n) is 9.73. The van der Waals surface area contributed by atoms with Gasteiger partial charge in [-0.1, -0.05) is 0 Å². The first kappa shape index (κ1) is 44.5. The van der Waals surface area contributed by atoms with Gasteiger partial charge in [0, 0.05) is 28.7 Å². The molecule has 10 atom stereocenters. The predicted molar refractivity (Wildman–Crippen MR) is 213 cm³/mol. The van der Waals surface area contributed by atoms with Crippen LogP contribution in [-0.4, -0.2) is 107 Å². The van der Waals surface area contributed by atoms with E-state index < -0.39 is 110 Å². The summed E-state index contributed by atoms with van der Waals surface area (Å²) in [7, 11) is 0. The van der Waals surface area contributed by atoms with Crippen molar-refractivity contribution >= 4 is 82.3 Å². The molecule has 60 heavy (non-hydrogen) atoms. The van der Waals surface area contributed by atoms with Gasteiger partial charge in [0.1, 0.15) is 60.0 Å². The third-order valence-corrected chi connectivity index (χ3v) is 16.4. The number of carbonyl (C=O) groups is 2. The SMILES string of the molecule is CC(C)(C)C(=O)OCSP1(=O)OC[C@H]2O[C@@H](n3cnc4c(N)ncnc43)C(F)C2OP(=O)(SCOC(=O)C(C)(C)C)OC[C@H]2C[C@@H](n3cnc4c(N)ncnc43)C(F)C2O1. The van der Waals surface area contributed by atoms with Crippen molar-refractivity contribution in [3.05, 3.63) is 25.3 Å². The van der Waals surface area contributed by atoms with Crippen LogP contribution in [0.5, 0.6) is 0 Å². The summed E-state index contributed by atoms with van der Waals surface area (Å²) >= 11 is 0.924. The molecule has 0 spiro atoms. The van der Waals surface area contributed by atoms with Crippen LogP contribution < -0.4 is 11.5 Å². The van der Waals surface area contributed by atoms with Gasteiger partial charge in [-0.2, -0.15) is 0 Å². The normalized spacial score (nSPS) is 31.6. The van der Waals surface area contributed by atoms with E-state index in [1.807, 2.05) is 0 Å². The van der Waals surface area contributed by atoms with E-state index in [0.717, 1.165) is 6.33 Å². The second-order valence-corrected chi connectivity index (χ2v) is 24.1. The summed E-state index contributed by atoms with van der Waals surface area (Å²) in [5.74, 6) is -3.30. The molecule has 0 aromatic carbocycles. The number of nitrogens with two attached hydrogens (primary N) is 2. The van der Waals surface area contributed by atoms with E-state index in [1.165, 1.54) is 28.1 Å². The summed E-state index contributed by atoms with van der Waals surface area (Å²) in [6.45, 7) is -0.741. The highest BCUT2D eigenvalue weighted by atomic mass is 32.7. The lowest BCUT2D eigenvalue weighted by Gasteiger charge is -2.31. The first-order valence-electron chi connectivity index (χ1n) is 18.5. The topological polar surface area (TPSA) is 272 Å². The summed E-state index contributed by atoms with van der Waals surface area (Å²) < 4.78 is 107. The van der Waals surface area contributed by atoms with Gasteiger partial charge in [-0.15, -0.1) is 0 Å². The Morgan fingerprint density at radius 1 is 0.767 bits per heavy atom. The first-order valence-corrected chi connectivity index (χ1v) is 24.7. The number of ether oxygens (including phenoxy) is 3. The number of nitrogens with zero attached hydrogens (tertiary/aromatic N) is 8. The van der Waals surface area contributed by atoms with Gasteiger partial charge < -0.3 is 34.8 Å². The van der Waals surface area contributed by atoms with Gasteiger partial charge in [-0.3, -0.25) is 27.7 Å². The zero-order chi connectivity index (χ0) is 43.4. The molecule has 6 heterocycles. The molecule has 4 aromatic heterocycles. The Morgan fingerprint density at radius 3 is 1.82 bits per heavy atom. The van der Waals surface area contributed by atoms with Crippen LogP contribution >= 0.6 is 36.4 Å². The van der Waals surface area contributed by atoms with Crippen molar-refractivity contribution in [2.75, 3.05) is 36.6 Å². The molecule has 4 aromatic rings. The molecular weight excluding hydrogens is 876 g/mol. The highest BCUT2D eigenvalue weighted by Gasteiger charge is 2.55. The van der Waals surface area contributed by atoms with Crippen LogP contribution in [0.15, 0.2) is 25.3 Å². The number of esters is 2. The van der Waals surface area contributed by atoms with Gasteiger partial charge in [0.2, 0.25) is 0 Å². The molecule has 2 saturated heterocycles. The third kappa shape index (κ3) is 9.14. The smallest absolute Gasteiger partial charge is 0.392 e. The number of fused-ring (bicyclic) bond motifs is 4. The van der Waals surface area contributed by atoms with Crippen molar-refractivity contribution in [3.63, 3.8) is 0 Å². The second-order valence-electron chi connectivity index (χ2n) is 16.2. The molecule has 1 saturated carbocycles. The molecule has 3 fully saturated rings. The number of carbonyl (C=O) groups excluding carboxylic acids is 2. The molecule has 0 bridgehead atoms. The molecule has 7 rings (SSSR count). The molecule has 3 aliphatic rings. The Labute approximate surface area is 349 Å². The first-order chi connectivity index (χ1) is 28.2. The molecule has 4 N–H and O–H groups in total. The summed E-state index contributed by atoms with van der Waals surface area (Å²) in [5, 5.41) is 0. The van der Waals surface area contributed by atoms with Crippen molar-refractivity contribution in [2.24, 2.45) is 16.7 Å². The maximum Gasteiger partial charge on any atom is 0.392 e. The molecular formula is C33H44F2N10O11P2S2. The number of nitrogen functional groups attached to an aromatic ring is 2. The van der Waals surface area contributed by atoms with E-state index in [2.05, 4.69) is 29.9 Å². The average molecular weight is 921 g/mol. The quantitative estimate of drug-likeness (QED) is 0.124. The summed E-state index contributed by atoms with van der Waals surface area (Å²) in [6, 6.07) is -1.08. The summed E-state index contributed by atoms with van der Waals surface area (Å²) in [6.07, 6.45) is -5.70. The zero-order valence-corrected chi connectivity index (χ0v) is 36.6. The van der Waals surface area contributed by atoms with Gasteiger partial charge in [0.25, 0.3) is 0 Å².